The number of anilines is 1. The molecule has 1 heterocycles. The Hall–Kier alpha value is -2.60. The van der Waals surface area contributed by atoms with Gasteiger partial charge in [-0.25, -0.2) is 0 Å². The maximum atomic E-state index is 13.1. The minimum Gasteiger partial charge on any atom is -0.491 e. The van der Waals surface area contributed by atoms with E-state index < -0.39 is 23.7 Å². The number of rotatable bonds is 7. The Morgan fingerprint density at radius 3 is 2.20 bits per heavy atom. The number of para-hydroxylation sites is 1. The lowest BCUT2D eigenvalue weighted by Crippen LogP contribution is -2.32. The van der Waals surface area contributed by atoms with Crippen molar-refractivity contribution in [3.63, 3.8) is 0 Å². The molecule has 2 aromatic rings. The first-order valence-corrected chi connectivity index (χ1v) is 11.3. The predicted molar refractivity (Wildman–Crippen MR) is 119 cm³/mol. The summed E-state index contributed by atoms with van der Waals surface area (Å²) in [5, 5.41) is 0. The first kappa shape index (κ1) is 22.1. The van der Waals surface area contributed by atoms with E-state index in [1.807, 2.05) is 68.6 Å². The van der Waals surface area contributed by atoms with E-state index in [1.54, 1.807) is 25.6 Å². The molecule has 0 N–H and O–H groups in total. The van der Waals surface area contributed by atoms with E-state index in [0.29, 0.717) is 17.0 Å². The van der Waals surface area contributed by atoms with Gasteiger partial charge in [0.25, 0.3) is 5.91 Å². The number of Topliss-reactive ketones (excluding diaryl/α,β-unsaturated/α-hetero) is 2. The zero-order valence-corrected chi connectivity index (χ0v) is 18.7. The minimum atomic E-state index is -1.06. The second kappa shape index (κ2) is 9.04. The van der Waals surface area contributed by atoms with Crippen molar-refractivity contribution < 1.29 is 19.1 Å². The zero-order valence-electron chi connectivity index (χ0n) is 17.9. The molecule has 1 aliphatic rings. The first-order chi connectivity index (χ1) is 14.3. The Morgan fingerprint density at radius 2 is 1.63 bits per heavy atom. The highest BCUT2D eigenvalue weighted by Crippen LogP contribution is 2.44. The lowest BCUT2D eigenvalue weighted by molar-refractivity contribution is -0.139. The third-order valence-electron chi connectivity index (χ3n) is 5.13. The quantitative estimate of drug-likeness (QED) is 0.366. The molecule has 0 saturated carbocycles. The fourth-order valence-corrected chi connectivity index (χ4v) is 4.15. The van der Waals surface area contributed by atoms with Crippen LogP contribution in [-0.4, -0.2) is 29.8 Å². The van der Waals surface area contributed by atoms with Crippen molar-refractivity contribution in [2.24, 2.45) is 11.8 Å². The molecule has 30 heavy (non-hydrogen) atoms. The van der Waals surface area contributed by atoms with Gasteiger partial charge in [-0.15, -0.1) is 11.8 Å². The largest absolute Gasteiger partial charge is 0.491 e. The molecule has 2 aromatic carbocycles. The number of hydrogen-bond acceptors (Lipinski definition) is 5. The van der Waals surface area contributed by atoms with Gasteiger partial charge in [-0.3, -0.25) is 19.3 Å². The van der Waals surface area contributed by atoms with E-state index in [4.69, 9.17) is 4.74 Å². The highest BCUT2D eigenvalue weighted by atomic mass is 32.2. The lowest BCUT2D eigenvalue weighted by atomic mass is 9.84. The highest BCUT2D eigenvalue weighted by Gasteiger charge is 2.53. The molecule has 0 aliphatic carbocycles. The maximum absolute atomic E-state index is 13.1. The average Bonchev–Trinajstić information content (AvgIpc) is 2.98. The third kappa shape index (κ3) is 4.15. The number of ketones is 2. The summed E-state index contributed by atoms with van der Waals surface area (Å²) in [4.78, 5) is 41.7. The van der Waals surface area contributed by atoms with E-state index in [2.05, 4.69) is 0 Å². The summed E-state index contributed by atoms with van der Waals surface area (Å²) < 4.78 is 5.97. The summed E-state index contributed by atoms with van der Waals surface area (Å²) in [5.41, 5.74) is 1.26. The molecule has 0 spiro atoms. The fourth-order valence-electron chi connectivity index (χ4n) is 3.74. The van der Waals surface area contributed by atoms with Gasteiger partial charge in [0.2, 0.25) is 5.78 Å². The van der Waals surface area contributed by atoms with Crippen molar-refractivity contribution in [3.8, 4) is 5.75 Å². The Morgan fingerprint density at radius 1 is 1.00 bits per heavy atom. The number of hydrogen-bond donors (Lipinski definition) is 0. The van der Waals surface area contributed by atoms with Crippen LogP contribution in [0.15, 0.2) is 53.4 Å². The first-order valence-electron chi connectivity index (χ1n) is 10.1. The number of carbonyl (C=O) groups excluding carboxylic acids is 3. The van der Waals surface area contributed by atoms with Gasteiger partial charge in [-0.1, -0.05) is 32.0 Å². The summed E-state index contributed by atoms with van der Waals surface area (Å²) in [5.74, 6) is -2.41. The van der Waals surface area contributed by atoms with Crippen molar-refractivity contribution >= 4 is 34.9 Å². The van der Waals surface area contributed by atoms with Gasteiger partial charge < -0.3 is 4.74 Å². The molecule has 158 valence electrons. The van der Waals surface area contributed by atoms with Crippen LogP contribution in [0.4, 0.5) is 5.69 Å². The fraction of sp³-hybridized carbons (Fsp3) is 0.375. The van der Waals surface area contributed by atoms with Gasteiger partial charge in [-0.05, 0) is 50.4 Å². The van der Waals surface area contributed by atoms with Crippen LogP contribution in [0.3, 0.4) is 0 Å². The molecule has 0 bridgehead atoms. The summed E-state index contributed by atoms with van der Waals surface area (Å²) in [6.45, 7) is 7.34. The number of benzene rings is 2. The molecule has 1 saturated heterocycles. The standard InChI is InChI=1S/C24H27NO4S/c1-14(2)22(26)20-21(18-8-6-7-9-19(18)29-15(3)4)25(24(28)23(20)27)16-10-12-17(30-5)13-11-16/h6-15,20-21H,1-5H3. The number of ether oxygens (including phenoxy) is 1. The molecule has 1 fully saturated rings. The predicted octanol–water partition coefficient (Wildman–Crippen LogP) is 4.69. The van der Waals surface area contributed by atoms with Crippen molar-refractivity contribution in [1.82, 2.24) is 0 Å². The number of thioether (sulfide) groups is 1. The highest BCUT2D eigenvalue weighted by molar-refractivity contribution is 7.98. The van der Waals surface area contributed by atoms with Crippen molar-refractivity contribution in [3.05, 3.63) is 54.1 Å². The Labute approximate surface area is 181 Å². The van der Waals surface area contributed by atoms with Gasteiger partial charge in [0, 0.05) is 22.1 Å². The number of nitrogens with zero attached hydrogens (tertiary/aromatic N) is 1. The minimum absolute atomic E-state index is 0.0903. The topological polar surface area (TPSA) is 63.7 Å². The van der Waals surface area contributed by atoms with Crippen LogP contribution in [0.1, 0.15) is 39.3 Å². The Balaban J connectivity index is 2.18. The van der Waals surface area contributed by atoms with Gasteiger partial charge >= 0.3 is 0 Å². The normalized spacial score (nSPS) is 19.1. The van der Waals surface area contributed by atoms with Crippen LogP contribution < -0.4 is 9.64 Å². The molecule has 3 rings (SSSR count). The SMILES string of the molecule is CSc1ccc(N2C(=O)C(=O)C(C(=O)C(C)C)C2c2ccccc2OC(C)C)cc1. The van der Waals surface area contributed by atoms with Crippen molar-refractivity contribution in [1.29, 1.82) is 0 Å². The average molecular weight is 426 g/mol. The van der Waals surface area contributed by atoms with Crippen LogP contribution in [0.25, 0.3) is 0 Å². The molecule has 1 aliphatic heterocycles. The summed E-state index contributed by atoms with van der Waals surface area (Å²) in [6.07, 6.45) is 1.88. The van der Waals surface area contributed by atoms with Crippen LogP contribution in [-0.2, 0) is 14.4 Å². The van der Waals surface area contributed by atoms with Gasteiger partial charge in [0.15, 0.2) is 0 Å². The monoisotopic (exact) mass is 425 g/mol. The Kier molecular flexibility index (Phi) is 6.66. The number of carbonyl (C=O) groups is 3. The molecular formula is C24H27NO4S. The molecule has 1 amide bonds. The van der Waals surface area contributed by atoms with Gasteiger partial charge in [0.1, 0.15) is 17.5 Å². The van der Waals surface area contributed by atoms with Crippen LogP contribution >= 0.6 is 11.8 Å². The smallest absolute Gasteiger partial charge is 0.295 e. The van der Waals surface area contributed by atoms with E-state index in [9.17, 15) is 14.4 Å². The molecular weight excluding hydrogens is 398 g/mol. The summed E-state index contributed by atoms with van der Waals surface area (Å²) >= 11 is 1.59. The lowest BCUT2D eigenvalue weighted by Gasteiger charge is -2.29. The van der Waals surface area contributed by atoms with Crippen molar-refractivity contribution in [2.75, 3.05) is 11.2 Å². The Bertz CT molecular complexity index is 952. The van der Waals surface area contributed by atoms with Gasteiger partial charge in [-0.2, -0.15) is 0 Å². The second-order valence-electron chi connectivity index (χ2n) is 7.92. The molecule has 6 heteroatoms. The third-order valence-corrected chi connectivity index (χ3v) is 5.88. The second-order valence-corrected chi connectivity index (χ2v) is 8.80. The molecule has 2 atom stereocenters. The molecule has 2 unspecified atom stereocenters. The summed E-state index contributed by atoms with van der Waals surface area (Å²) in [7, 11) is 0. The van der Waals surface area contributed by atoms with E-state index >= 15 is 0 Å². The van der Waals surface area contributed by atoms with Gasteiger partial charge in [0.05, 0.1) is 12.1 Å². The summed E-state index contributed by atoms with van der Waals surface area (Å²) in [6, 6.07) is 14.0. The van der Waals surface area contributed by atoms with Crippen LogP contribution in [0.5, 0.6) is 5.75 Å². The molecule has 0 radical (unpaired) electrons. The van der Waals surface area contributed by atoms with E-state index in [0.717, 1.165) is 4.90 Å². The van der Waals surface area contributed by atoms with E-state index in [-0.39, 0.29) is 17.8 Å². The molecule has 0 aromatic heterocycles. The van der Waals surface area contributed by atoms with Crippen molar-refractivity contribution in [2.45, 2.75) is 44.7 Å². The van der Waals surface area contributed by atoms with Crippen LogP contribution in [0, 0.1) is 11.8 Å². The maximum Gasteiger partial charge on any atom is 0.295 e. The zero-order chi connectivity index (χ0) is 22.0. The van der Waals surface area contributed by atoms with E-state index in [1.165, 1.54) is 4.90 Å². The molecule has 5 nitrogen and oxygen atoms in total. The number of amides is 1. The van der Waals surface area contributed by atoms with Crippen LogP contribution in [0.2, 0.25) is 0 Å².